The second-order valence-corrected chi connectivity index (χ2v) is 5.42. The first-order chi connectivity index (χ1) is 9.66. The predicted octanol–water partition coefficient (Wildman–Crippen LogP) is 0.706. The van der Waals surface area contributed by atoms with Crippen LogP contribution in [0, 0.1) is 0 Å². The average Bonchev–Trinajstić information content (AvgIpc) is 2.88. The van der Waals surface area contributed by atoms with E-state index in [-0.39, 0.29) is 6.03 Å². The molecule has 20 heavy (non-hydrogen) atoms. The minimum Gasteiger partial charge on any atom is -0.382 e. The zero-order valence-electron chi connectivity index (χ0n) is 11.0. The summed E-state index contributed by atoms with van der Waals surface area (Å²) >= 11 is 6.15. The van der Waals surface area contributed by atoms with E-state index >= 15 is 0 Å². The first kappa shape index (κ1) is 13.2. The molecule has 1 aromatic heterocycles. The van der Waals surface area contributed by atoms with Crippen molar-refractivity contribution in [2.24, 2.45) is 0 Å². The Bertz CT molecular complexity index is 517. The standard InChI is InChI=1S/C12H17ClN6O/c13-9-10(14)16-7-17-11(9)18-4-1-8(2-5-18)19-6-3-15-12(19)20/h7-8H,1-6H2,(H,15,20)(H2,14,16,17). The van der Waals surface area contributed by atoms with E-state index in [1.165, 1.54) is 6.33 Å². The van der Waals surface area contributed by atoms with Crippen molar-refractivity contribution in [1.29, 1.82) is 0 Å². The summed E-state index contributed by atoms with van der Waals surface area (Å²) in [5.41, 5.74) is 5.70. The second kappa shape index (κ2) is 5.32. The van der Waals surface area contributed by atoms with Crippen LogP contribution in [-0.4, -0.2) is 53.1 Å². The van der Waals surface area contributed by atoms with Crippen molar-refractivity contribution in [1.82, 2.24) is 20.2 Å². The summed E-state index contributed by atoms with van der Waals surface area (Å²) in [6.45, 7) is 3.16. The second-order valence-electron chi connectivity index (χ2n) is 5.04. The molecule has 0 atom stereocenters. The van der Waals surface area contributed by atoms with Crippen LogP contribution in [0.2, 0.25) is 5.02 Å². The Kier molecular flexibility index (Phi) is 3.52. The van der Waals surface area contributed by atoms with Gasteiger partial charge in [0.1, 0.15) is 17.2 Å². The highest BCUT2D eigenvalue weighted by Crippen LogP contribution is 2.30. The highest BCUT2D eigenvalue weighted by atomic mass is 35.5. The fraction of sp³-hybridized carbons (Fsp3) is 0.583. The van der Waals surface area contributed by atoms with Crippen LogP contribution in [0.15, 0.2) is 6.33 Å². The highest BCUT2D eigenvalue weighted by Gasteiger charge is 2.31. The van der Waals surface area contributed by atoms with Gasteiger partial charge in [0.25, 0.3) is 0 Å². The summed E-state index contributed by atoms with van der Waals surface area (Å²) in [6, 6.07) is 0.347. The molecule has 3 rings (SSSR count). The largest absolute Gasteiger partial charge is 0.382 e. The molecular formula is C12H17ClN6O. The molecule has 0 unspecified atom stereocenters. The van der Waals surface area contributed by atoms with E-state index in [2.05, 4.69) is 20.2 Å². The van der Waals surface area contributed by atoms with Crippen LogP contribution in [0.4, 0.5) is 16.4 Å². The predicted molar refractivity (Wildman–Crippen MR) is 76.8 cm³/mol. The van der Waals surface area contributed by atoms with Crippen LogP contribution in [0.3, 0.4) is 0 Å². The molecule has 2 fully saturated rings. The van der Waals surface area contributed by atoms with Crippen LogP contribution in [-0.2, 0) is 0 Å². The van der Waals surface area contributed by atoms with E-state index in [1.807, 2.05) is 4.90 Å². The highest BCUT2D eigenvalue weighted by molar-refractivity contribution is 6.35. The molecule has 3 N–H and O–H groups in total. The van der Waals surface area contributed by atoms with E-state index in [0.29, 0.717) is 22.7 Å². The summed E-state index contributed by atoms with van der Waals surface area (Å²) < 4.78 is 0. The number of halogens is 1. The molecule has 2 saturated heterocycles. The third kappa shape index (κ3) is 2.33. The number of amides is 2. The summed E-state index contributed by atoms with van der Waals surface area (Å²) in [6.07, 6.45) is 3.25. The van der Waals surface area contributed by atoms with Gasteiger partial charge in [0.05, 0.1) is 0 Å². The van der Waals surface area contributed by atoms with Gasteiger partial charge >= 0.3 is 6.03 Å². The maximum atomic E-state index is 11.7. The number of nitrogens with two attached hydrogens (primary N) is 1. The van der Waals surface area contributed by atoms with Crippen LogP contribution < -0.4 is 16.0 Å². The van der Waals surface area contributed by atoms with Crippen LogP contribution in [0.1, 0.15) is 12.8 Å². The minimum absolute atomic E-state index is 0.0489. The first-order valence-electron chi connectivity index (χ1n) is 6.72. The number of urea groups is 1. The SMILES string of the molecule is Nc1ncnc(N2CCC(N3CCNC3=O)CC2)c1Cl. The van der Waals surface area contributed by atoms with Crippen molar-refractivity contribution in [2.45, 2.75) is 18.9 Å². The molecule has 0 radical (unpaired) electrons. The maximum absolute atomic E-state index is 11.7. The van der Waals surface area contributed by atoms with Crippen molar-refractivity contribution < 1.29 is 4.79 Å². The quantitative estimate of drug-likeness (QED) is 0.839. The summed E-state index contributed by atoms with van der Waals surface area (Å²) in [5.74, 6) is 0.987. The Balaban J connectivity index is 1.66. The van der Waals surface area contributed by atoms with Gasteiger partial charge in [-0.05, 0) is 12.8 Å². The van der Waals surface area contributed by atoms with Crippen LogP contribution in [0.5, 0.6) is 0 Å². The maximum Gasteiger partial charge on any atom is 0.317 e. The lowest BCUT2D eigenvalue weighted by Crippen LogP contribution is -2.46. The number of rotatable bonds is 2. The fourth-order valence-corrected chi connectivity index (χ4v) is 3.04. The van der Waals surface area contributed by atoms with Crippen molar-refractivity contribution in [2.75, 3.05) is 36.8 Å². The van der Waals surface area contributed by atoms with Crippen LogP contribution in [0.25, 0.3) is 0 Å². The lowest BCUT2D eigenvalue weighted by molar-refractivity contribution is 0.186. The molecule has 0 saturated carbocycles. The number of aromatic nitrogens is 2. The molecule has 0 spiro atoms. The number of piperidine rings is 1. The molecule has 2 aliphatic heterocycles. The number of carbonyl (C=O) groups is 1. The number of nitrogens with zero attached hydrogens (tertiary/aromatic N) is 4. The normalized spacial score (nSPS) is 20.4. The molecule has 1 aromatic rings. The molecule has 2 amide bonds. The summed E-state index contributed by atoms with van der Waals surface area (Å²) in [4.78, 5) is 23.8. The molecule has 0 aromatic carbocycles. The fourth-order valence-electron chi connectivity index (χ4n) is 2.82. The number of nitrogen functional groups attached to an aromatic ring is 1. The van der Waals surface area contributed by atoms with E-state index in [1.54, 1.807) is 0 Å². The summed E-state index contributed by atoms with van der Waals surface area (Å²) in [5, 5.41) is 3.25. The molecular weight excluding hydrogens is 280 g/mol. The molecule has 2 aliphatic rings. The molecule has 0 aliphatic carbocycles. The van der Waals surface area contributed by atoms with Gasteiger partial charge in [-0.2, -0.15) is 0 Å². The average molecular weight is 297 g/mol. The third-order valence-corrected chi connectivity index (χ3v) is 4.26. The lowest BCUT2D eigenvalue weighted by Gasteiger charge is -2.36. The smallest absolute Gasteiger partial charge is 0.317 e. The number of nitrogens with one attached hydrogen (secondary N) is 1. The lowest BCUT2D eigenvalue weighted by atomic mass is 10.0. The first-order valence-corrected chi connectivity index (χ1v) is 7.10. The Labute approximate surface area is 122 Å². The minimum atomic E-state index is 0.0489. The monoisotopic (exact) mass is 296 g/mol. The zero-order valence-corrected chi connectivity index (χ0v) is 11.8. The van der Waals surface area contributed by atoms with Crippen LogP contribution >= 0.6 is 11.6 Å². The van der Waals surface area contributed by atoms with Gasteiger partial charge in [-0.25, -0.2) is 14.8 Å². The molecule has 108 valence electrons. The van der Waals surface area contributed by atoms with Crippen molar-refractivity contribution in [3.05, 3.63) is 11.3 Å². The number of anilines is 2. The Morgan fingerprint density at radius 2 is 2.05 bits per heavy atom. The number of carbonyl (C=O) groups excluding carboxylic acids is 1. The topological polar surface area (TPSA) is 87.4 Å². The van der Waals surface area contributed by atoms with E-state index in [0.717, 1.165) is 39.0 Å². The zero-order chi connectivity index (χ0) is 14.1. The van der Waals surface area contributed by atoms with E-state index in [9.17, 15) is 4.79 Å². The van der Waals surface area contributed by atoms with Crippen molar-refractivity contribution in [3.8, 4) is 0 Å². The number of hydrogen-bond donors (Lipinski definition) is 2. The third-order valence-electron chi connectivity index (χ3n) is 3.89. The van der Waals surface area contributed by atoms with Gasteiger partial charge in [0.2, 0.25) is 0 Å². The Morgan fingerprint density at radius 1 is 1.30 bits per heavy atom. The van der Waals surface area contributed by atoms with Crippen molar-refractivity contribution >= 4 is 29.3 Å². The molecule has 0 bridgehead atoms. The van der Waals surface area contributed by atoms with Gasteiger partial charge in [-0.1, -0.05) is 11.6 Å². The van der Waals surface area contributed by atoms with Gasteiger partial charge in [0, 0.05) is 32.2 Å². The summed E-state index contributed by atoms with van der Waals surface area (Å²) in [7, 11) is 0. The van der Waals surface area contributed by atoms with E-state index < -0.39 is 0 Å². The Morgan fingerprint density at radius 3 is 2.70 bits per heavy atom. The van der Waals surface area contributed by atoms with E-state index in [4.69, 9.17) is 17.3 Å². The number of hydrogen-bond acceptors (Lipinski definition) is 5. The van der Waals surface area contributed by atoms with Gasteiger partial charge in [0.15, 0.2) is 5.82 Å². The van der Waals surface area contributed by atoms with Gasteiger partial charge < -0.3 is 20.9 Å². The Hall–Kier alpha value is -1.76. The van der Waals surface area contributed by atoms with Crippen molar-refractivity contribution in [3.63, 3.8) is 0 Å². The van der Waals surface area contributed by atoms with Gasteiger partial charge in [-0.3, -0.25) is 0 Å². The molecule has 3 heterocycles. The molecule has 8 heteroatoms. The molecule has 7 nitrogen and oxygen atoms in total. The van der Waals surface area contributed by atoms with Gasteiger partial charge in [-0.15, -0.1) is 0 Å².